The Labute approximate surface area is 115 Å². The lowest BCUT2D eigenvalue weighted by molar-refractivity contribution is -0.104. The summed E-state index contributed by atoms with van der Waals surface area (Å²) >= 11 is 0. The van der Waals surface area contributed by atoms with Crippen molar-refractivity contribution >= 4 is 10.1 Å². The van der Waals surface area contributed by atoms with Gasteiger partial charge in [0.05, 0.1) is 18.0 Å². The summed E-state index contributed by atoms with van der Waals surface area (Å²) in [5.41, 5.74) is -0.400. The van der Waals surface area contributed by atoms with Crippen molar-refractivity contribution in [1.82, 2.24) is 0 Å². The fraction of sp³-hybridized carbons (Fsp3) is 1.00. The van der Waals surface area contributed by atoms with E-state index in [1.165, 1.54) is 19.3 Å². The van der Waals surface area contributed by atoms with E-state index in [9.17, 15) is 12.8 Å². The van der Waals surface area contributed by atoms with Crippen LogP contribution in [0.15, 0.2) is 0 Å². The molecule has 0 heterocycles. The third kappa shape index (κ3) is 2.97. The molecule has 0 amide bonds. The zero-order chi connectivity index (χ0) is 13.5. The van der Waals surface area contributed by atoms with Crippen LogP contribution in [-0.4, -0.2) is 26.4 Å². The van der Waals surface area contributed by atoms with Gasteiger partial charge in [-0.2, -0.15) is 8.42 Å². The maximum atomic E-state index is 12.1. The Morgan fingerprint density at radius 3 is 2.00 bits per heavy atom. The van der Waals surface area contributed by atoms with E-state index in [2.05, 4.69) is 0 Å². The molecule has 0 N–H and O–H groups in total. The summed E-state index contributed by atoms with van der Waals surface area (Å²) in [6, 6.07) is 0. The molecule has 4 bridgehead atoms. The van der Waals surface area contributed by atoms with Crippen LogP contribution in [0.3, 0.4) is 0 Å². The molecule has 0 aromatic carbocycles. The van der Waals surface area contributed by atoms with Gasteiger partial charge in [-0.1, -0.05) is 0 Å². The van der Waals surface area contributed by atoms with E-state index in [0.717, 1.165) is 19.3 Å². The van der Waals surface area contributed by atoms with Crippen molar-refractivity contribution in [2.75, 3.05) is 12.4 Å². The third-order valence-electron chi connectivity index (χ3n) is 5.06. The van der Waals surface area contributed by atoms with Crippen LogP contribution in [0.2, 0.25) is 0 Å². The first-order chi connectivity index (χ1) is 9.00. The van der Waals surface area contributed by atoms with E-state index in [-0.39, 0.29) is 5.75 Å². The standard InChI is InChI=1S/C14H23FO3S/c15-3-1-2-4-19(16,17)18-14-8-11-5-12(9-14)7-13(6-11)10-14/h11-13H,1-10H2. The number of unbranched alkanes of at least 4 members (excludes halogenated alkanes) is 1. The minimum atomic E-state index is -3.48. The Bertz CT molecular complexity index is 397. The van der Waals surface area contributed by atoms with E-state index >= 15 is 0 Å². The molecule has 5 heteroatoms. The van der Waals surface area contributed by atoms with Crippen LogP contribution >= 0.6 is 0 Å². The van der Waals surface area contributed by atoms with Crippen molar-refractivity contribution in [3.05, 3.63) is 0 Å². The van der Waals surface area contributed by atoms with E-state index in [0.29, 0.717) is 30.6 Å². The van der Waals surface area contributed by atoms with Crippen LogP contribution in [0.5, 0.6) is 0 Å². The van der Waals surface area contributed by atoms with Gasteiger partial charge in [0.15, 0.2) is 0 Å². The summed E-state index contributed by atoms with van der Waals surface area (Å²) in [5, 5.41) is 0. The summed E-state index contributed by atoms with van der Waals surface area (Å²) in [5.74, 6) is 1.99. The van der Waals surface area contributed by atoms with Crippen molar-refractivity contribution in [3.63, 3.8) is 0 Å². The average Bonchev–Trinajstić information content (AvgIpc) is 2.25. The predicted molar refractivity (Wildman–Crippen MR) is 71.0 cm³/mol. The molecule has 0 atom stereocenters. The topological polar surface area (TPSA) is 43.4 Å². The highest BCUT2D eigenvalue weighted by Gasteiger charge is 2.53. The van der Waals surface area contributed by atoms with Crippen molar-refractivity contribution in [2.45, 2.75) is 57.0 Å². The molecule has 4 aliphatic rings. The molecule has 4 saturated carbocycles. The Balaban J connectivity index is 1.65. The Morgan fingerprint density at radius 2 is 1.53 bits per heavy atom. The summed E-state index contributed by atoms with van der Waals surface area (Å²) in [7, 11) is -3.48. The lowest BCUT2D eigenvalue weighted by Gasteiger charge is -2.55. The van der Waals surface area contributed by atoms with Crippen molar-refractivity contribution in [1.29, 1.82) is 0 Å². The van der Waals surface area contributed by atoms with Gasteiger partial charge in [-0.25, -0.2) is 0 Å². The van der Waals surface area contributed by atoms with E-state index < -0.39 is 22.4 Å². The largest absolute Gasteiger partial charge is 0.267 e. The first-order valence-electron chi connectivity index (χ1n) is 7.49. The minimum absolute atomic E-state index is 0.0291. The quantitative estimate of drug-likeness (QED) is 0.558. The fourth-order valence-corrected chi connectivity index (χ4v) is 6.20. The third-order valence-corrected chi connectivity index (χ3v) is 6.46. The first kappa shape index (κ1) is 13.8. The zero-order valence-corrected chi connectivity index (χ0v) is 12.1. The second-order valence-electron chi connectivity index (χ2n) is 6.84. The monoisotopic (exact) mass is 290 g/mol. The maximum absolute atomic E-state index is 12.1. The maximum Gasteiger partial charge on any atom is 0.267 e. The van der Waals surface area contributed by atoms with Gasteiger partial charge < -0.3 is 0 Å². The normalized spacial score (nSPS) is 40.8. The van der Waals surface area contributed by atoms with Crippen molar-refractivity contribution < 1.29 is 17.0 Å². The highest BCUT2D eigenvalue weighted by Crippen LogP contribution is 2.57. The highest BCUT2D eigenvalue weighted by molar-refractivity contribution is 7.86. The van der Waals surface area contributed by atoms with Crippen LogP contribution in [0.1, 0.15) is 51.4 Å². The second-order valence-corrected chi connectivity index (χ2v) is 8.53. The zero-order valence-electron chi connectivity index (χ0n) is 11.3. The lowest BCUT2D eigenvalue weighted by Crippen LogP contribution is -2.52. The lowest BCUT2D eigenvalue weighted by atomic mass is 9.54. The molecule has 4 fully saturated rings. The van der Waals surface area contributed by atoms with Crippen LogP contribution in [-0.2, 0) is 14.3 Å². The molecule has 0 unspecified atom stereocenters. The fourth-order valence-electron chi connectivity index (χ4n) is 4.82. The molecular weight excluding hydrogens is 267 g/mol. The first-order valence-corrected chi connectivity index (χ1v) is 9.07. The van der Waals surface area contributed by atoms with Gasteiger partial charge in [0.1, 0.15) is 0 Å². The number of alkyl halides is 1. The highest BCUT2D eigenvalue weighted by atomic mass is 32.2. The van der Waals surface area contributed by atoms with Gasteiger partial charge in [-0.15, -0.1) is 0 Å². The number of hydrogen-bond donors (Lipinski definition) is 0. The summed E-state index contributed by atoms with van der Waals surface area (Å²) in [6.07, 6.45) is 7.23. The average molecular weight is 290 g/mol. The van der Waals surface area contributed by atoms with E-state index in [4.69, 9.17) is 4.18 Å². The molecule has 3 nitrogen and oxygen atoms in total. The predicted octanol–water partition coefficient (Wildman–Crippen LogP) is 3.05. The van der Waals surface area contributed by atoms with Gasteiger partial charge in [-0.05, 0) is 69.1 Å². The van der Waals surface area contributed by atoms with Crippen molar-refractivity contribution in [2.24, 2.45) is 17.8 Å². The molecule has 4 rings (SSSR count). The van der Waals surface area contributed by atoms with Crippen LogP contribution in [0, 0.1) is 17.8 Å². The minimum Gasteiger partial charge on any atom is -0.263 e. The molecule has 4 aliphatic carbocycles. The number of hydrogen-bond acceptors (Lipinski definition) is 3. The molecule has 0 aromatic heterocycles. The van der Waals surface area contributed by atoms with Crippen molar-refractivity contribution in [3.8, 4) is 0 Å². The Hall–Kier alpha value is -0.160. The smallest absolute Gasteiger partial charge is 0.263 e. The van der Waals surface area contributed by atoms with Gasteiger partial charge in [0.25, 0.3) is 10.1 Å². The second kappa shape index (κ2) is 4.99. The molecule has 110 valence electrons. The Morgan fingerprint density at radius 1 is 1.00 bits per heavy atom. The Kier molecular flexibility index (Phi) is 3.63. The van der Waals surface area contributed by atoms with Gasteiger partial charge in [0.2, 0.25) is 0 Å². The van der Waals surface area contributed by atoms with E-state index in [1.54, 1.807) is 0 Å². The van der Waals surface area contributed by atoms with Crippen LogP contribution < -0.4 is 0 Å². The molecule has 0 spiro atoms. The molecule has 0 saturated heterocycles. The van der Waals surface area contributed by atoms with Gasteiger partial charge in [-0.3, -0.25) is 8.57 Å². The summed E-state index contributed by atoms with van der Waals surface area (Å²) < 4.78 is 41.8. The summed E-state index contributed by atoms with van der Waals surface area (Å²) in [4.78, 5) is 0. The molecular formula is C14H23FO3S. The summed E-state index contributed by atoms with van der Waals surface area (Å²) in [6.45, 7) is -0.452. The molecule has 0 aliphatic heterocycles. The molecule has 19 heavy (non-hydrogen) atoms. The number of halogens is 1. The SMILES string of the molecule is O=S(=O)(CCCCF)OC12CC3CC(CC(C3)C1)C2. The number of rotatable bonds is 6. The van der Waals surface area contributed by atoms with Crippen LogP contribution in [0.25, 0.3) is 0 Å². The van der Waals surface area contributed by atoms with Gasteiger partial charge >= 0.3 is 0 Å². The van der Waals surface area contributed by atoms with Crippen LogP contribution in [0.4, 0.5) is 4.39 Å². The molecule has 0 aromatic rings. The molecule has 0 radical (unpaired) electrons. The van der Waals surface area contributed by atoms with Gasteiger partial charge in [0, 0.05) is 0 Å². The van der Waals surface area contributed by atoms with E-state index in [1.807, 2.05) is 0 Å².